The molecule has 0 unspecified atom stereocenters. The first-order valence-corrected chi connectivity index (χ1v) is 5.55. The lowest BCUT2D eigenvalue weighted by molar-refractivity contribution is 0.726. The van der Waals surface area contributed by atoms with Crippen LogP contribution in [0.25, 0.3) is 0 Å². The Morgan fingerprint density at radius 2 is 2.00 bits per heavy atom. The van der Waals surface area contributed by atoms with E-state index in [2.05, 4.69) is 14.9 Å². The summed E-state index contributed by atoms with van der Waals surface area (Å²) in [4.78, 5) is 20.3. The summed E-state index contributed by atoms with van der Waals surface area (Å²) in [6.45, 7) is 1.85. The van der Waals surface area contributed by atoms with Crippen molar-refractivity contribution in [2.75, 3.05) is 18.0 Å². The molecule has 0 aromatic carbocycles. The van der Waals surface area contributed by atoms with E-state index in [1.165, 1.54) is 19.0 Å². The lowest BCUT2D eigenvalue weighted by atomic mass is 10.2. The van der Waals surface area contributed by atoms with Crippen LogP contribution in [0.1, 0.15) is 31.2 Å². The van der Waals surface area contributed by atoms with Gasteiger partial charge in [0, 0.05) is 13.1 Å². The van der Waals surface area contributed by atoms with Gasteiger partial charge in [-0.25, -0.2) is 4.98 Å². The molecule has 0 saturated carbocycles. The monoisotopic (exact) mass is 218 g/mol. The maximum Gasteiger partial charge on any atom is 0.270 e. The highest BCUT2D eigenvalue weighted by molar-refractivity contribution is 5.33. The zero-order chi connectivity index (χ0) is 11.4. The van der Waals surface area contributed by atoms with Gasteiger partial charge in [-0.15, -0.1) is 0 Å². The highest BCUT2D eigenvalue weighted by atomic mass is 16.1. The van der Waals surface area contributed by atoms with Crippen LogP contribution in [0.3, 0.4) is 0 Å². The second-order valence-corrected chi connectivity index (χ2v) is 3.96. The number of nitriles is 1. The van der Waals surface area contributed by atoms with Gasteiger partial charge in [0.25, 0.3) is 5.56 Å². The standard InChI is InChI=1S/C11H14N4O/c12-7-9-8-13-11(14-10(9)16)15-5-3-1-2-4-6-15/h8H,1-6H2,(H,13,14,16). The maximum absolute atomic E-state index is 11.5. The molecule has 5 heteroatoms. The molecule has 2 rings (SSSR count). The molecule has 0 atom stereocenters. The molecule has 0 spiro atoms. The highest BCUT2D eigenvalue weighted by Gasteiger charge is 2.12. The van der Waals surface area contributed by atoms with Crippen molar-refractivity contribution in [1.82, 2.24) is 9.97 Å². The third kappa shape index (κ3) is 2.22. The topological polar surface area (TPSA) is 72.8 Å². The number of hydrogen-bond donors (Lipinski definition) is 1. The van der Waals surface area contributed by atoms with Crippen molar-refractivity contribution in [3.8, 4) is 6.07 Å². The van der Waals surface area contributed by atoms with Crippen molar-refractivity contribution >= 4 is 5.95 Å². The predicted octanol–water partition coefficient (Wildman–Crippen LogP) is 1.02. The van der Waals surface area contributed by atoms with Crippen LogP contribution in [0.4, 0.5) is 5.95 Å². The Bertz CT molecular complexity index is 452. The molecule has 1 aromatic heterocycles. The molecule has 16 heavy (non-hydrogen) atoms. The number of rotatable bonds is 1. The minimum absolute atomic E-state index is 0.0681. The lowest BCUT2D eigenvalue weighted by Gasteiger charge is -2.20. The Balaban J connectivity index is 2.23. The van der Waals surface area contributed by atoms with Gasteiger partial charge in [-0.2, -0.15) is 5.26 Å². The predicted molar refractivity (Wildman–Crippen MR) is 60.3 cm³/mol. The minimum Gasteiger partial charge on any atom is -0.342 e. The number of aromatic nitrogens is 2. The molecule has 5 nitrogen and oxygen atoms in total. The summed E-state index contributed by atoms with van der Waals surface area (Å²) in [5.41, 5.74) is -0.282. The zero-order valence-corrected chi connectivity index (χ0v) is 9.07. The highest BCUT2D eigenvalue weighted by Crippen LogP contribution is 2.13. The van der Waals surface area contributed by atoms with E-state index >= 15 is 0 Å². The fourth-order valence-electron chi connectivity index (χ4n) is 1.91. The van der Waals surface area contributed by atoms with Crippen molar-refractivity contribution in [1.29, 1.82) is 5.26 Å². The SMILES string of the molecule is N#Cc1cnc(N2CCCCCC2)[nH]c1=O. The van der Waals surface area contributed by atoms with Crippen LogP contribution in [-0.2, 0) is 0 Å². The Hall–Kier alpha value is -1.83. The van der Waals surface area contributed by atoms with Crippen LogP contribution < -0.4 is 10.5 Å². The second kappa shape index (κ2) is 4.79. The fourth-order valence-corrected chi connectivity index (χ4v) is 1.91. The van der Waals surface area contributed by atoms with Crippen molar-refractivity contribution < 1.29 is 0 Å². The van der Waals surface area contributed by atoms with E-state index in [-0.39, 0.29) is 11.1 Å². The smallest absolute Gasteiger partial charge is 0.270 e. The van der Waals surface area contributed by atoms with E-state index in [9.17, 15) is 4.79 Å². The molecule has 2 heterocycles. The normalized spacial score (nSPS) is 16.6. The van der Waals surface area contributed by atoms with Gasteiger partial charge >= 0.3 is 0 Å². The lowest BCUT2D eigenvalue weighted by Crippen LogP contribution is -2.28. The third-order valence-electron chi connectivity index (χ3n) is 2.81. The second-order valence-electron chi connectivity index (χ2n) is 3.96. The van der Waals surface area contributed by atoms with Gasteiger partial charge in [0.1, 0.15) is 11.6 Å². The molecule has 84 valence electrons. The van der Waals surface area contributed by atoms with Crippen LogP contribution in [0.5, 0.6) is 0 Å². The van der Waals surface area contributed by atoms with E-state index in [4.69, 9.17) is 5.26 Å². The van der Waals surface area contributed by atoms with E-state index < -0.39 is 0 Å². The molecular weight excluding hydrogens is 204 g/mol. The molecule has 1 aliphatic heterocycles. The van der Waals surface area contributed by atoms with E-state index in [0.29, 0.717) is 5.95 Å². The summed E-state index contributed by atoms with van der Waals surface area (Å²) in [5.74, 6) is 0.589. The zero-order valence-electron chi connectivity index (χ0n) is 9.07. The molecular formula is C11H14N4O. The van der Waals surface area contributed by atoms with Crippen LogP contribution in [0.15, 0.2) is 11.0 Å². The first kappa shape index (κ1) is 10.7. The third-order valence-corrected chi connectivity index (χ3v) is 2.81. The summed E-state index contributed by atoms with van der Waals surface area (Å²) in [6.07, 6.45) is 6.07. The molecule has 0 aliphatic carbocycles. The number of nitrogens with one attached hydrogen (secondary N) is 1. The number of hydrogen-bond acceptors (Lipinski definition) is 4. The van der Waals surface area contributed by atoms with Gasteiger partial charge in [0.15, 0.2) is 0 Å². The van der Waals surface area contributed by atoms with Crippen molar-refractivity contribution in [2.45, 2.75) is 25.7 Å². The van der Waals surface area contributed by atoms with Gasteiger partial charge in [-0.3, -0.25) is 9.78 Å². The Kier molecular flexibility index (Phi) is 3.20. The number of H-pyrrole nitrogens is 1. The summed E-state index contributed by atoms with van der Waals surface area (Å²) in [6, 6.07) is 1.81. The molecule has 1 aliphatic rings. The summed E-state index contributed by atoms with van der Waals surface area (Å²) in [7, 11) is 0. The van der Waals surface area contributed by atoms with E-state index in [1.54, 1.807) is 0 Å². The van der Waals surface area contributed by atoms with Crippen LogP contribution in [-0.4, -0.2) is 23.1 Å². The van der Waals surface area contributed by atoms with Crippen LogP contribution >= 0.6 is 0 Å². The Morgan fingerprint density at radius 1 is 1.31 bits per heavy atom. The van der Waals surface area contributed by atoms with Gasteiger partial charge in [0.2, 0.25) is 5.95 Å². The van der Waals surface area contributed by atoms with Crippen molar-refractivity contribution in [2.24, 2.45) is 0 Å². The maximum atomic E-state index is 11.5. The van der Waals surface area contributed by atoms with Gasteiger partial charge < -0.3 is 4.90 Å². The van der Waals surface area contributed by atoms with Gasteiger partial charge in [-0.1, -0.05) is 12.8 Å². The van der Waals surface area contributed by atoms with Crippen LogP contribution in [0.2, 0.25) is 0 Å². The molecule has 1 fully saturated rings. The largest absolute Gasteiger partial charge is 0.342 e. The average molecular weight is 218 g/mol. The minimum atomic E-state index is -0.350. The van der Waals surface area contributed by atoms with Gasteiger partial charge in [-0.05, 0) is 12.8 Å². The summed E-state index contributed by atoms with van der Waals surface area (Å²) < 4.78 is 0. The number of aromatic amines is 1. The van der Waals surface area contributed by atoms with E-state index in [1.807, 2.05) is 6.07 Å². The van der Waals surface area contributed by atoms with Crippen molar-refractivity contribution in [3.63, 3.8) is 0 Å². The Morgan fingerprint density at radius 3 is 2.56 bits per heavy atom. The molecule has 0 radical (unpaired) electrons. The molecule has 1 N–H and O–H groups in total. The number of anilines is 1. The average Bonchev–Trinajstić information content (AvgIpc) is 2.57. The molecule has 0 bridgehead atoms. The Labute approximate surface area is 93.7 Å². The fraction of sp³-hybridized carbons (Fsp3) is 0.545. The van der Waals surface area contributed by atoms with Gasteiger partial charge in [0.05, 0.1) is 6.20 Å². The summed E-state index contributed by atoms with van der Waals surface area (Å²) in [5, 5.41) is 8.64. The first-order valence-electron chi connectivity index (χ1n) is 5.55. The van der Waals surface area contributed by atoms with Crippen LogP contribution in [0, 0.1) is 11.3 Å². The quantitative estimate of drug-likeness (QED) is 0.763. The number of nitrogens with zero attached hydrogens (tertiary/aromatic N) is 3. The molecule has 1 saturated heterocycles. The van der Waals surface area contributed by atoms with E-state index in [0.717, 1.165) is 25.9 Å². The molecule has 1 aromatic rings. The summed E-state index contributed by atoms with van der Waals surface area (Å²) >= 11 is 0. The van der Waals surface area contributed by atoms with Crippen molar-refractivity contribution in [3.05, 3.63) is 22.1 Å². The first-order chi connectivity index (χ1) is 7.81. The molecule has 0 amide bonds.